The van der Waals surface area contributed by atoms with Crippen LogP contribution >= 0.6 is 0 Å². The predicted octanol–water partition coefficient (Wildman–Crippen LogP) is 6.30. The van der Waals surface area contributed by atoms with E-state index in [-0.39, 0.29) is 28.0 Å². The lowest BCUT2D eigenvalue weighted by atomic mass is 9.78. The summed E-state index contributed by atoms with van der Waals surface area (Å²) in [5.41, 5.74) is 8.22. The molecule has 9 nitrogen and oxygen atoms in total. The number of hydrogen-bond donors (Lipinski definition) is 2. The lowest BCUT2D eigenvalue weighted by molar-refractivity contribution is 0.0793. The lowest BCUT2D eigenvalue weighted by Gasteiger charge is -2.36. The number of nitrogens with two attached hydrogens (primary N) is 1. The second-order valence-corrected chi connectivity index (χ2v) is 14.0. The smallest absolute Gasteiger partial charge is 0.253 e. The number of methoxy groups -OCH3 is 2. The van der Waals surface area contributed by atoms with Gasteiger partial charge in [0.25, 0.3) is 5.91 Å². The van der Waals surface area contributed by atoms with Crippen molar-refractivity contribution in [2.45, 2.75) is 85.1 Å². The number of amides is 1. The van der Waals surface area contributed by atoms with Gasteiger partial charge in [0, 0.05) is 53.8 Å². The van der Waals surface area contributed by atoms with Crippen LogP contribution in [0.15, 0.2) is 24.3 Å². The first-order chi connectivity index (χ1) is 19.3. The Morgan fingerprint density at radius 1 is 0.857 bits per heavy atom. The van der Waals surface area contributed by atoms with E-state index < -0.39 is 0 Å². The summed E-state index contributed by atoms with van der Waals surface area (Å²) < 4.78 is 10.9. The SMILES string of the molecule is COc1cc2nc(N(CCCN(C)C(=O)c3cc(C(C)(C)C)c(O)c(C(C)(C)C)c3)C(C)(C)C)nc(N)c2cc1OC. The Morgan fingerprint density at radius 2 is 1.38 bits per heavy atom. The van der Waals surface area contributed by atoms with Gasteiger partial charge >= 0.3 is 0 Å². The minimum Gasteiger partial charge on any atom is -0.507 e. The fourth-order valence-corrected chi connectivity index (χ4v) is 5.01. The van der Waals surface area contributed by atoms with Crippen LogP contribution in [0, 0.1) is 0 Å². The topological polar surface area (TPSA) is 114 Å². The van der Waals surface area contributed by atoms with Crippen LogP contribution in [-0.4, -0.2) is 65.8 Å². The molecule has 0 radical (unpaired) electrons. The van der Waals surface area contributed by atoms with Gasteiger partial charge in [-0.15, -0.1) is 0 Å². The van der Waals surface area contributed by atoms with Crippen molar-refractivity contribution >= 4 is 28.6 Å². The quantitative estimate of drug-likeness (QED) is 0.320. The number of phenolic OH excluding ortho intramolecular Hbond substituents is 1. The van der Waals surface area contributed by atoms with Crippen molar-refractivity contribution in [2.24, 2.45) is 0 Å². The first-order valence-corrected chi connectivity index (χ1v) is 14.4. The van der Waals surface area contributed by atoms with Crippen LogP contribution in [0.4, 0.5) is 11.8 Å². The zero-order valence-corrected chi connectivity index (χ0v) is 27.5. The van der Waals surface area contributed by atoms with E-state index in [0.29, 0.717) is 59.2 Å². The third-order valence-electron chi connectivity index (χ3n) is 7.46. The van der Waals surface area contributed by atoms with E-state index in [1.165, 1.54) is 0 Å². The van der Waals surface area contributed by atoms with Gasteiger partial charge in [0.05, 0.1) is 19.7 Å². The largest absolute Gasteiger partial charge is 0.507 e. The molecule has 0 unspecified atom stereocenters. The number of rotatable bonds is 8. The molecule has 0 saturated heterocycles. The van der Waals surface area contributed by atoms with Crippen LogP contribution in [0.3, 0.4) is 0 Å². The van der Waals surface area contributed by atoms with Gasteiger partial charge < -0.3 is 30.1 Å². The van der Waals surface area contributed by atoms with E-state index in [0.717, 1.165) is 11.1 Å². The number of fused-ring (bicyclic) bond motifs is 1. The molecule has 42 heavy (non-hydrogen) atoms. The molecule has 0 aliphatic heterocycles. The van der Waals surface area contributed by atoms with Crippen LogP contribution in [-0.2, 0) is 10.8 Å². The first-order valence-electron chi connectivity index (χ1n) is 14.4. The average molecular weight is 580 g/mol. The molecule has 0 spiro atoms. The summed E-state index contributed by atoms with van der Waals surface area (Å²) in [4.78, 5) is 26.9. The number of nitrogen functional groups attached to an aromatic ring is 1. The number of aromatic hydroxyl groups is 1. The highest BCUT2D eigenvalue weighted by Crippen LogP contribution is 2.40. The molecule has 0 aliphatic rings. The molecule has 0 saturated carbocycles. The molecule has 1 aromatic heterocycles. The third-order valence-corrected chi connectivity index (χ3v) is 7.46. The van der Waals surface area contributed by atoms with Gasteiger partial charge in [0.15, 0.2) is 11.5 Å². The molecule has 3 aromatic rings. The Bertz CT molecular complexity index is 1410. The summed E-state index contributed by atoms with van der Waals surface area (Å²) >= 11 is 0. The molecule has 0 aliphatic carbocycles. The number of hydrogen-bond acceptors (Lipinski definition) is 8. The van der Waals surface area contributed by atoms with Crippen LogP contribution in [0.25, 0.3) is 10.9 Å². The summed E-state index contributed by atoms with van der Waals surface area (Å²) in [6.45, 7) is 19.7. The average Bonchev–Trinajstić information content (AvgIpc) is 2.87. The Hall–Kier alpha value is -3.75. The van der Waals surface area contributed by atoms with E-state index in [4.69, 9.17) is 20.2 Å². The van der Waals surface area contributed by atoms with Gasteiger partial charge in [-0.3, -0.25) is 4.79 Å². The minimum atomic E-state index is -0.316. The summed E-state index contributed by atoms with van der Waals surface area (Å²) in [6, 6.07) is 7.26. The lowest BCUT2D eigenvalue weighted by Crippen LogP contribution is -2.44. The number of benzene rings is 2. The molecule has 3 N–H and O–H groups in total. The van der Waals surface area contributed by atoms with Gasteiger partial charge in [-0.05, 0) is 56.2 Å². The summed E-state index contributed by atoms with van der Waals surface area (Å²) in [7, 11) is 4.97. The molecule has 0 bridgehead atoms. The standard InChI is InChI=1S/C33H49N5O4/c1-31(2,3)22-16-20(17-23(27(22)39)32(4,5)6)29(40)37(10)14-13-15-38(33(7,8)9)30-35-24-19-26(42-12)25(41-11)18-21(24)28(34)36-30/h16-19,39H,13-15H2,1-12H3,(H2,34,35,36). The molecule has 0 atom stereocenters. The first kappa shape index (κ1) is 32.8. The van der Waals surface area contributed by atoms with Crippen LogP contribution in [0.1, 0.15) is 90.2 Å². The van der Waals surface area contributed by atoms with Crippen molar-refractivity contribution in [3.8, 4) is 17.2 Å². The third kappa shape index (κ3) is 6.99. The fraction of sp³-hybridized carbons (Fsp3) is 0.545. The van der Waals surface area contributed by atoms with Gasteiger partial charge in [-0.2, -0.15) is 4.98 Å². The molecule has 2 aromatic carbocycles. The number of phenols is 1. The highest BCUT2D eigenvalue weighted by molar-refractivity contribution is 5.95. The van der Waals surface area contributed by atoms with Crippen LogP contribution < -0.4 is 20.1 Å². The normalized spacial score (nSPS) is 12.4. The number of aromatic nitrogens is 2. The van der Waals surface area contributed by atoms with Crippen LogP contribution in [0.2, 0.25) is 0 Å². The van der Waals surface area contributed by atoms with E-state index in [1.807, 2.05) is 60.7 Å². The van der Waals surface area contributed by atoms with Gasteiger partial charge in [0.1, 0.15) is 11.6 Å². The summed E-state index contributed by atoms with van der Waals surface area (Å²) in [5, 5.41) is 11.8. The van der Waals surface area contributed by atoms with E-state index in [1.54, 1.807) is 31.3 Å². The number of nitrogens with zero attached hydrogens (tertiary/aromatic N) is 4. The fourth-order valence-electron chi connectivity index (χ4n) is 5.01. The Morgan fingerprint density at radius 3 is 1.86 bits per heavy atom. The van der Waals surface area contributed by atoms with E-state index in [2.05, 4.69) is 30.7 Å². The zero-order chi connectivity index (χ0) is 31.8. The van der Waals surface area contributed by atoms with Gasteiger partial charge in [-0.25, -0.2) is 4.98 Å². The molecule has 9 heteroatoms. The molecular weight excluding hydrogens is 530 g/mol. The van der Waals surface area contributed by atoms with Crippen molar-refractivity contribution < 1.29 is 19.4 Å². The maximum Gasteiger partial charge on any atom is 0.253 e. The summed E-state index contributed by atoms with van der Waals surface area (Å²) in [6.07, 6.45) is 0.684. The molecular formula is C33H49N5O4. The second-order valence-electron chi connectivity index (χ2n) is 14.0. The van der Waals surface area contributed by atoms with Gasteiger partial charge in [-0.1, -0.05) is 41.5 Å². The zero-order valence-electron chi connectivity index (χ0n) is 27.5. The Balaban J connectivity index is 1.87. The molecule has 1 amide bonds. The molecule has 3 rings (SSSR count). The molecule has 0 fully saturated rings. The van der Waals surface area contributed by atoms with Gasteiger partial charge in [0.2, 0.25) is 5.95 Å². The highest BCUT2D eigenvalue weighted by atomic mass is 16.5. The van der Waals surface area contributed by atoms with E-state index in [9.17, 15) is 9.90 Å². The maximum atomic E-state index is 13.6. The van der Waals surface area contributed by atoms with Crippen molar-refractivity contribution in [1.29, 1.82) is 0 Å². The summed E-state index contributed by atoms with van der Waals surface area (Å²) in [5.74, 6) is 2.17. The predicted molar refractivity (Wildman–Crippen MR) is 171 cm³/mol. The van der Waals surface area contributed by atoms with Crippen molar-refractivity contribution in [3.63, 3.8) is 0 Å². The number of ether oxygens (including phenoxy) is 2. The Kier molecular flexibility index (Phi) is 9.25. The van der Waals surface area contributed by atoms with E-state index >= 15 is 0 Å². The molecule has 1 heterocycles. The number of carbonyl (C=O) groups excluding carboxylic acids is 1. The minimum absolute atomic E-state index is 0.0828. The van der Waals surface area contributed by atoms with Crippen molar-refractivity contribution in [1.82, 2.24) is 14.9 Å². The number of anilines is 2. The maximum absolute atomic E-state index is 13.6. The molecule has 230 valence electrons. The van der Waals surface area contributed by atoms with Crippen molar-refractivity contribution in [3.05, 3.63) is 41.0 Å². The van der Waals surface area contributed by atoms with Crippen LogP contribution in [0.5, 0.6) is 17.2 Å². The Labute approximate surface area is 251 Å². The number of carbonyl (C=O) groups is 1. The monoisotopic (exact) mass is 579 g/mol. The second kappa shape index (κ2) is 11.9. The van der Waals surface area contributed by atoms with Crippen molar-refractivity contribution in [2.75, 3.05) is 45.0 Å². The highest BCUT2D eigenvalue weighted by Gasteiger charge is 2.29.